The smallest absolute Gasteiger partial charge is 0.123 e. The van der Waals surface area contributed by atoms with Gasteiger partial charge in [-0.25, -0.2) is 0 Å². The lowest BCUT2D eigenvalue weighted by Crippen LogP contribution is -2.13. The molecule has 300 valence electrons. The first-order valence-electron chi connectivity index (χ1n) is 19.8. The van der Waals surface area contributed by atoms with Crippen LogP contribution in [0.15, 0.2) is 181 Å². The van der Waals surface area contributed by atoms with Crippen molar-refractivity contribution in [1.82, 2.24) is 0 Å². The number of allylic oxidation sites excluding steroid dienone is 5. The van der Waals surface area contributed by atoms with Crippen molar-refractivity contribution in [2.75, 3.05) is 0 Å². The SMILES string of the molecule is Oc1cc(O)c2cc1C(C1=CC=C=CC=C1)c1cc(c(O)cc1O)C(c1ccccc1)c1cc(c(O)cc1O)C(c1ccccc1)c1cc(c(O)cc1O)C2c1ccccc1. The molecule has 0 saturated heterocycles. The predicted molar refractivity (Wildman–Crippen MR) is 233 cm³/mol. The van der Waals surface area contributed by atoms with Gasteiger partial charge in [-0.1, -0.05) is 109 Å². The third kappa shape index (κ3) is 6.91. The second-order valence-corrected chi connectivity index (χ2v) is 15.4. The zero-order valence-corrected chi connectivity index (χ0v) is 32.6. The summed E-state index contributed by atoms with van der Waals surface area (Å²) in [5.41, 5.74) is 8.00. The molecule has 0 fully saturated rings. The van der Waals surface area contributed by atoms with Crippen molar-refractivity contribution < 1.29 is 40.9 Å². The Morgan fingerprint density at radius 2 is 0.590 bits per heavy atom. The van der Waals surface area contributed by atoms with Crippen molar-refractivity contribution in [1.29, 1.82) is 0 Å². The molecule has 7 aromatic rings. The van der Waals surface area contributed by atoms with Crippen molar-refractivity contribution in [2.24, 2.45) is 0 Å². The summed E-state index contributed by atoms with van der Waals surface area (Å²) in [6, 6.07) is 39.2. The van der Waals surface area contributed by atoms with E-state index in [2.05, 4.69) is 5.73 Å². The lowest BCUT2D eigenvalue weighted by molar-refractivity contribution is 0.431. The van der Waals surface area contributed by atoms with Gasteiger partial charge >= 0.3 is 0 Å². The number of hydrogen-bond donors (Lipinski definition) is 8. The fourth-order valence-corrected chi connectivity index (χ4v) is 9.00. The molecule has 7 aromatic carbocycles. The topological polar surface area (TPSA) is 162 Å². The molecule has 0 radical (unpaired) electrons. The molecule has 0 saturated carbocycles. The van der Waals surface area contributed by atoms with Gasteiger partial charge in [0.1, 0.15) is 46.0 Å². The molecule has 61 heavy (non-hydrogen) atoms. The van der Waals surface area contributed by atoms with E-state index in [4.69, 9.17) is 0 Å². The molecule has 9 rings (SSSR count). The van der Waals surface area contributed by atoms with Crippen LogP contribution in [0.4, 0.5) is 0 Å². The van der Waals surface area contributed by atoms with E-state index in [1.54, 1.807) is 48.6 Å². The van der Waals surface area contributed by atoms with Gasteiger partial charge in [-0.05, 0) is 58.7 Å². The standard InChI is InChI=1S/C53H40O8/c54-42-26-44(56)36-22-34(42)50(30-14-6-1-2-7-15-30)35-23-37(45(57)27-43(35)55)52(32-18-10-4-11-19-32)39-25-41(49(61)29-47(39)59)53(33-20-12-5-13-21-33)40-24-38(46(58)28-48(40)60)51(36)31-16-8-3-9-17-31/h1,3-29,50-61H. The van der Waals surface area contributed by atoms with Crippen LogP contribution < -0.4 is 0 Å². The van der Waals surface area contributed by atoms with Crippen LogP contribution in [0.1, 0.15) is 84.9 Å². The minimum Gasteiger partial charge on any atom is -0.507 e. The van der Waals surface area contributed by atoms with Crippen LogP contribution in [0.2, 0.25) is 0 Å². The summed E-state index contributed by atoms with van der Waals surface area (Å²) in [6.45, 7) is 0. The normalized spacial score (nSPS) is 18.0. The highest BCUT2D eigenvalue weighted by Gasteiger charge is 2.35. The van der Waals surface area contributed by atoms with E-state index in [-0.39, 0.29) is 57.1 Å². The highest BCUT2D eigenvalue weighted by Crippen LogP contribution is 2.53. The average Bonchev–Trinajstić information content (AvgIpc) is 3.54. The Balaban J connectivity index is 1.47. The maximum atomic E-state index is 11.9. The minimum atomic E-state index is -0.935. The predicted octanol–water partition coefficient (Wildman–Crippen LogP) is 10.5. The molecule has 0 amide bonds. The van der Waals surface area contributed by atoms with Crippen molar-refractivity contribution in [3.05, 3.63) is 242 Å². The fraction of sp³-hybridized carbons (Fsp3) is 0.0755. The Morgan fingerprint density at radius 3 is 0.885 bits per heavy atom. The van der Waals surface area contributed by atoms with Crippen molar-refractivity contribution >= 4 is 0 Å². The molecule has 2 aliphatic carbocycles. The summed E-state index contributed by atoms with van der Waals surface area (Å²) in [7, 11) is 0. The Kier molecular flexibility index (Phi) is 9.84. The van der Waals surface area contributed by atoms with Crippen LogP contribution in [-0.2, 0) is 0 Å². The highest BCUT2D eigenvalue weighted by molar-refractivity contribution is 5.67. The van der Waals surface area contributed by atoms with Gasteiger partial charge in [0.25, 0.3) is 0 Å². The van der Waals surface area contributed by atoms with Crippen molar-refractivity contribution in [2.45, 2.75) is 23.7 Å². The van der Waals surface area contributed by atoms with Gasteiger partial charge in [-0.15, -0.1) is 5.73 Å². The summed E-state index contributed by atoms with van der Waals surface area (Å²) in [4.78, 5) is 0. The van der Waals surface area contributed by atoms with Gasteiger partial charge < -0.3 is 40.9 Å². The quantitative estimate of drug-likeness (QED) is 0.0816. The number of fused-ring (bicyclic) bond motifs is 8. The van der Waals surface area contributed by atoms with Gasteiger partial charge in [0, 0.05) is 92.4 Å². The van der Waals surface area contributed by atoms with Crippen LogP contribution >= 0.6 is 0 Å². The Hall–Kier alpha value is -8.06. The molecule has 2 atom stereocenters. The molecule has 0 aliphatic heterocycles. The molecule has 0 heterocycles. The molecule has 8 nitrogen and oxygen atoms in total. The third-order valence-corrected chi connectivity index (χ3v) is 11.8. The van der Waals surface area contributed by atoms with Crippen LogP contribution in [-0.4, -0.2) is 40.9 Å². The highest BCUT2D eigenvalue weighted by atomic mass is 16.3. The zero-order valence-electron chi connectivity index (χ0n) is 32.6. The van der Waals surface area contributed by atoms with Gasteiger partial charge in [-0.2, -0.15) is 0 Å². The van der Waals surface area contributed by atoms with E-state index in [9.17, 15) is 40.9 Å². The molecular formula is C53H40O8. The second kappa shape index (κ2) is 15.6. The largest absolute Gasteiger partial charge is 0.507 e. The Bertz CT molecular complexity index is 2790. The lowest BCUT2D eigenvalue weighted by Gasteiger charge is -2.29. The number of benzene rings is 7. The van der Waals surface area contributed by atoms with E-state index in [1.165, 1.54) is 24.3 Å². The van der Waals surface area contributed by atoms with Gasteiger partial charge in [0.2, 0.25) is 0 Å². The maximum Gasteiger partial charge on any atom is 0.123 e. The van der Waals surface area contributed by atoms with Crippen molar-refractivity contribution in [3.63, 3.8) is 0 Å². The second-order valence-electron chi connectivity index (χ2n) is 15.4. The molecule has 0 spiro atoms. The maximum absolute atomic E-state index is 11.9. The molecule has 2 unspecified atom stereocenters. The van der Waals surface area contributed by atoms with E-state index >= 15 is 0 Å². The number of rotatable bonds is 4. The molecule has 8 heteroatoms. The molecule has 0 aromatic heterocycles. The first-order valence-corrected chi connectivity index (χ1v) is 19.8. The first kappa shape index (κ1) is 38.5. The molecular weight excluding hydrogens is 765 g/mol. The number of aromatic hydroxyl groups is 8. The minimum absolute atomic E-state index is 0.276. The number of phenolic OH excluding ortho intramolecular Hbond substituents is 8. The lowest BCUT2D eigenvalue weighted by atomic mass is 9.75. The van der Waals surface area contributed by atoms with E-state index in [0.717, 1.165) is 0 Å². The van der Waals surface area contributed by atoms with E-state index in [1.807, 2.05) is 97.1 Å². The molecule has 2 aliphatic rings. The van der Waals surface area contributed by atoms with Crippen LogP contribution in [0.5, 0.6) is 46.0 Å². The summed E-state index contributed by atoms with van der Waals surface area (Å²) in [5.74, 6) is -5.88. The summed E-state index contributed by atoms with van der Waals surface area (Å²) >= 11 is 0. The molecule has 8 N–H and O–H groups in total. The van der Waals surface area contributed by atoms with Crippen molar-refractivity contribution in [3.8, 4) is 46.0 Å². The Labute approximate surface area is 351 Å². The average molecular weight is 805 g/mol. The van der Waals surface area contributed by atoms with Crippen LogP contribution in [0.25, 0.3) is 0 Å². The Morgan fingerprint density at radius 1 is 0.311 bits per heavy atom. The van der Waals surface area contributed by atoms with Gasteiger partial charge in [0.05, 0.1) is 0 Å². The van der Waals surface area contributed by atoms with E-state index < -0.39 is 23.7 Å². The third-order valence-electron chi connectivity index (χ3n) is 11.8. The molecule has 8 bridgehead atoms. The summed E-state index contributed by atoms with van der Waals surface area (Å²) in [5, 5.41) is 95.0. The van der Waals surface area contributed by atoms with Gasteiger partial charge in [0.15, 0.2) is 0 Å². The summed E-state index contributed by atoms with van der Waals surface area (Å²) < 4.78 is 0. The van der Waals surface area contributed by atoms with E-state index in [0.29, 0.717) is 55.6 Å². The number of hydrogen-bond acceptors (Lipinski definition) is 8. The van der Waals surface area contributed by atoms with Crippen LogP contribution in [0, 0.1) is 0 Å². The zero-order chi connectivity index (χ0) is 42.4. The monoisotopic (exact) mass is 804 g/mol. The van der Waals surface area contributed by atoms with Crippen LogP contribution in [0.3, 0.4) is 0 Å². The summed E-state index contributed by atoms with van der Waals surface area (Å²) in [6.07, 6.45) is 8.82. The fourth-order valence-electron chi connectivity index (χ4n) is 9.00. The van der Waals surface area contributed by atoms with Gasteiger partial charge in [-0.3, -0.25) is 0 Å². The number of phenols is 8. The first-order chi connectivity index (χ1) is 29.6.